The third-order valence-electron chi connectivity index (χ3n) is 3.00. The zero-order valence-electron chi connectivity index (χ0n) is 9.15. The largest absolute Gasteiger partial charge is 0.121 e. The summed E-state index contributed by atoms with van der Waals surface area (Å²) in [5, 5.41) is 0. The van der Waals surface area contributed by atoms with Gasteiger partial charge in [0.05, 0.1) is 0 Å². The summed E-state index contributed by atoms with van der Waals surface area (Å²) >= 11 is 1.93. The Bertz CT molecular complexity index is 416. The first kappa shape index (κ1) is 9.98. The lowest BCUT2D eigenvalue weighted by molar-refractivity contribution is 0.951. The van der Waals surface area contributed by atoms with Crippen LogP contribution < -0.4 is 0 Å². The predicted molar refractivity (Wildman–Crippen MR) is 69.9 cm³/mol. The monoisotopic (exact) mass is 226 g/mol. The molecule has 0 saturated carbocycles. The van der Waals surface area contributed by atoms with E-state index in [4.69, 9.17) is 0 Å². The van der Waals surface area contributed by atoms with Crippen LogP contribution in [0.5, 0.6) is 0 Å². The maximum absolute atomic E-state index is 2.35. The quantitative estimate of drug-likeness (QED) is 0.652. The van der Waals surface area contributed by atoms with Crippen LogP contribution >= 0.6 is 11.8 Å². The van der Waals surface area contributed by atoms with Crippen molar-refractivity contribution >= 4 is 11.8 Å². The van der Waals surface area contributed by atoms with Gasteiger partial charge >= 0.3 is 0 Å². The number of rotatable bonds is 0. The van der Waals surface area contributed by atoms with Crippen molar-refractivity contribution in [2.45, 2.75) is 23.5 Å². The van der Waals surface area contributed by atoms with Gasteiger partial charge in [-0.1, -0.05) is 36.4 Å². The predicted octanol–water partition coefficient (Wildman–Crippen LogP) is 4.08. The molecule has 0 spiro atoms. The van der Waals surface area contributed by atoms with E-state index in [1.807, 2.05) is 11.8 Å². The summed E-state index contributed by atoms with van der Waals surface area (Å²) in [5.74, 6) is 1.08. The fourth-order valence-corrected chi connectivity index (χ4v) is 3.04. The highest BCUT2D eigenvalue weighted by Crippen LogP contribution is 2.26. The van der Waals surface area contributed by atoms with E-state index >= 15 is 0 Å². The SMILES string of the molecule is c1cc2cc(c1)CSc1cccc(c1)CC2. The van der Waals surface area contributed by atoms with Crippen molar-refractivity contribution in [2.24, 2.45) is 0 Å². The van der Waals surface area contributed by atoms with Crippen LogP contribution in [0.1, 0.15) is 16.7 Å². The normalized spacial score (nSPS) is 14.5. The second-order valence-electron chi connectivity index (χ2n) is 4.26. The Morgan fingerprint density at radius 3 is 2.31 bits per heavy atom. The van der Waals surface area contributed by atoms with E-state index in [-0.39, 0.29) is 0 Å². The molecule has 0 aliphatic carbocycles. The van der Waals surface area contributed by atoms with E-state index in [1.165, 1.54) is 21.6 Å². The minimum atomic E-state index is 1.08. The molecule has 0 unspecified atom stereocenters. The van der Waals surface area contributed by atoms with E-state index in [9.17, 15) is 0 Å². The molecule has 1 heterocycles. The Hall–Kier alpha value is -1.21. The van der Waals surface area contributed by atoms with Crippen molar-refractivity contribution in [1.82, 2.24) is 0 Å². The van der Waals surface area contributed by atoms with Crippen molar-refractivity contribution in [3.8, 4) is 0 Å². The van der Waals surface area contributed by atoms with Crippen molar-refractivity contribution in [1.29, 1.82) is 0 Å². The highest BCUT2D eigenvalue weighted by atomic mass is 32.2. The molecular weight excluding hydrogens is 212 g/mol. The third kappa shape index (κ3) is 2.14. The van der Waals surface area contributed by atoms with Crippen molar-refractivity contribution in [2.75, 3.05) is 0 Å². The molecule has 1 aliphatic heterocycles. The summed E-state index contributed by atoms with van der Waals surface area (Å²) in [5.41, 5.74) is 4.36. The molecule has 2 aromatic rings. The van der Waals surface area contributed by atoms with Crippen LogP contribution in [0.4, 0.5) is 0 Å². The summed E-state index contributed by atoms with van der Waals surface area (Å²) < 4.78 is 0. The number of fused-ring (bicyclic) bond motifs is 4. The maximum atomic E-state index is 2.35. The van der Waals surface area contributed by atoms with Crippen LogP contribution in [0.25, 0.3) is 0 Å². The standard InChI is InChI=1S/C15H14S/c1-3-12-7-8-13-4-2-6-15(10-13)16-11-14(5-1)9-12/h1-6,9-10H,7-8,11H2. The lowest BCUT2D eigenvalue weighted by atomic mass is 10.0. The van der Waals surface area contributed by atoms with Crippen LogP contribution in [-0.2, 0) is 18.6 Å². The van der Waals surface area contributed by atoms with Gasteiger partial charge in [-0.15, -0.1) is 11.8 Å². The molecule has 2 aromatic carbocycles. The lowest BCUT2D eigenvalue weighted by Gasteiger charge is -2.10. The van der Waals surface area contributed by atoms with Crippen molar-refractivity contribution in [3.63, 3.8) is 0 Å². The van der Waals surface area contributed by atoms with Gasteiger partial charge in [0.1, 0.15) is 0 Å². The second-order valence-corrected chi connectivity index (χ2v) is 5.30. The molecule has 1 aliphatic rings. The number of hydrogen-bond acceptors (Lipinski definition) is 1. The first-order chi connectivity index (χ1) is 7.90. The van der Waals surface area contributed by atoms with Gasteiger partial charge in [-0.05, 0) is 41.7 Å². The van der Waals surface area contributed by atoms with Gasteiger partial charge in [-0.2, -0.15) is 0 Å². The van der Waals surface area contributed by atoms with E-state index in [2.05, 4.69) is 48.5 Å². The summed E-state index contributed by atoms with van der Waals surface area (Å²) in [7, 11) is 0. The van der Waals surface area contributed by atoms with Gasteiger partial charge in [0, 0.05) is 10.6 Å². The molecule has 16 heavy (non-hydrogen) atoms. The van der Waals surface area contributed by atoms with Gasteiger partial charge in [-0.3, -0.25) is 0 Å². The van der Waals surface area contributed by atoms with Crippen LogP contribution in [-0.4, -0.2) is 0 Å². The van der Waals surface area contributed by atoms with E-state index < -0.39 is 0 Å². The van der Waals surface area contributed by atoms with E-state index in [1.54, 1.807) is 0 Å². The first-order valence-electron chi connectivity index (χ1n) is 5.70. The molecule has 0 nitrogen and oxygen atoms in total. The zero-order chi connectivity index (χ0) is 10.8. The van der Waals surface area contributed by atoms with Crippen molar-refractivity contribution in [3.05, 3.63) is 65.2 Å². The molecule has 0 amide bonds. The molecule has 0 saturated heterocycles. The molecule has 0 N–H and O–H groups in total. The maximum Gasteiger partial charge on any atom is 0.0232 e. The van der Waals surface area contributed by atoms with Gasteiger partial charge in [0.15, 0.2) is 0 Å². The zero-order valence-corrected chi connectivity index (χ0v) is 9.96. The highest BCUT2D eigenvalue weighted by molar-refractivity contribution is 7.98. The van der Waals surface area contributed by atoms with Crippen LogP contribution in [0, 0.1) is 0 Å². The summed E-state index contributed by atoms with van der Waals surface area (Å²) in [6, 6.07) is 17.9. The van der Waals surface area contributed by atoms with Crippen LogP contribution in [0.15, 0.2) is 53.4 Å². The van der Waals surface area contributed by atoms with Gasteiger partial charge < -0.3 is 0 Å². The smallest absolute Gasteiger partial charge is 0.0232 e. The Kier molecular flexibility index (Phi) is 2.71. The molecule has 0 aromatic heterocycles. The summed E-state index contributed by atoms with van der Waals surface area (Å²) in [4.78, 5) is 1.39. The lowest BCUT2D eigenvalue weighted by Crippen LogP contribution is -1.95. The molecule has 0 fully saturated rings. The fraction of sp³-hybridized carbons (Fsp3) is 0.200. The molecule has 0 atom stereocenters. The minimum Gasteiger partial charge on any atom is -0.121 e. The van der Waals surface area contributed by atoms with Crippen LogP contribution in [0.3, 0.4) is 0 Å². The van der Waals surface area contributed by atoms with Gasteiger partial charge in [0.2, 0.25) is 0 Å². The Balaban J connectivity index is 1.98. The number of benzene rings is 2. The van der Waals surface area contributed by atoms with Crippen LogP contribution in [0.2, 0.25) is 0 Å². The molecule has 4 bridgehead atoms. The Morgan fingerprint density at radius 2 is 1.44 bits per heavy atom. The molecule has 80 valence electrons. The highest BCUT2D eigenvalue weighted by Gasteiger charge is 2.03. The molecule has 1 heteroatoms. The number of aryl methyl sites for hydroxylation is 2. The van der Waals surface area contributed by atoms with Gasteiger partial charge in [0.25, 0.3) is 0 Å². The number of thioether (sulfide) groups is 1. The minimum absolute atomic E-state index is 1.08. The molecular formula is C15H14S. The number of hydrogen-bond donors (Lipinski definition) is 0. The van der Waals surface area contributed by atoms with E-state index in [0.29, 0.717) is 0 Å². The second kappa shape index (κ2) is 4.34. The molecule has 3 rings (SSSR count). The Labute approximate surface area is 101 Å². The average Bonchev–Trinajstić information content (AvgIpc) is 2.34. The summed E-state index contributed by atoms with van der Waals surface area (Å²) in [6.07, 6.45) is 2.31. The third-order valence-corrected chi connectivity index (χ3v) is 4.06. The topological polar surface area (TPSA) is 0 Å². The Morgan fingerprint density at radius 1 is 0.750 bits per heavy atom. The van der Waals surface area contributed by atoms with Crippen molar-refractivity contribution < 1.29 is 0 Å². The first-order valence-corrected chi connectivity index (χ1v) is 6.68. The van der Waals surface area contributed by atoms with Gasteiger partial charge in [-0.25, -0.2) is 0 Å². The molecule has 0 radical (unpaired) electrons. The van der Waals surface area contributed by atoms with E-state index in [0.717, 1.165) is 18.6 Å². The fourth-order valence-electron chi connectivity index (χ4n) is 2.12. The summed E-state index contributed by atoms with van der Waals surface area (Å²) in [6.45, 7) is 0. The average molecular weight is 226 g/mol.